The first-order valence-corrected chi connectivity index (χ1v) is 8.80. The van der Waals surface area contributed by atoms with E-state index in [-0.39, 0.29) is 11.8 Å². The zero-order valence-electron chi connectivity index (χ0n) is 15.2. The lowest BCUT2D eigenvalue weighted by Gasteiger charge is -2.18. The number of carbonyl (C=O) groups is 1. The van der Waals surface area contributed by atoms with Gasteiger partial charge in [-0.15, -0.1) is 0 Å². The summed E-state index contributed by atoms with van der Waals surface area (Å²) in [6.07, 6.45) is 0.406. The molecule has 0 spiro atoms. The minimum atomic E-state index is 0.0142. The number of anilines is 2. The summed E-state index contributed by atoms with van der Waals surface area (Å²) in [6, 6.07) is 28.3. The molecule has 3 aromatic rings. The maximum absolute atomic E-state index is 12.7. The predicted octanol–water partition coefficient (Wildman–Crippen LogP) is 4.91. The lowest BCUT2D eigenvalue weighted by Crippen LogP contribution is -2.16. The van der Waals surface area contributed by atoms with Crippen LogP contribution in [0.2, 0.25) is 0 Å². The van der Waals surface area contributed by atoms with E-state index in [2.05, 4.69) is 29.6 Å². The minimum absolute atomic E-state index is 0.0142. The van der Waals surface area contributed by atoms with Crippen LogP contribution in [0.15, 0.2) is 84.9 Å². The number of hydrogen-bond donors (Lipinski definition) is 1. The summed E-state index contributed by atoms with van der Waals surface area (Å²) in [7, 11) is 4.00. The molecule has 0 atom stereocenters. The van der Waals surface area contributed by atoms with Crippen molar-refractivity contribution in [3.8, 4) is 0 Å². The van der Waals surface area contributed by atoms with E-state index >= 15 is 0 Å². The third-order valence-corrected chi connectivity index (χ3v) is 4.46. The van der Waals surface area contributed by atoms with Crippen LogP contribution in [0.5, 0.6) is 0 Å². The van der Waals surface area contributed by atoms with Crippen molar-refractivity contribution in [3.63, 3.8) is 0 Å². The molecule has 0 aliphatic carbocycles. The summed E-state index contributed by atoms with van der Waals surface area (Å²) < 4.78 is 0. The zero-order valence-corrected chi connectivity index (χ0v) is 15.2. The molecule has 1 amide bonds. The average molecular weight is 344 g/mol. The van der Waals surface area contributed by atoms with Crippen LogP contribution in [0.4, 0.5) is 11.4 Å². The first-order chi connectivity index (χ1) is 12.6. The Labute approximate surface area is 155 Å². The Bertz CT molecular complexity index is 788. The van der Waals surface area contributed by atoms with E-state index in [9.17, 15) is 4.79 Å². The third kappa shape index (κ3) is 4.51. The smallest absolute Gasteiger partial charge is 0.225 e. The minimum Gasteiger partial charge on any atom is -0.378 e. The fourth-order valence-corrected chi connectivity index (χ4v) is 3.04. The van der Waals surface area contributed by atoms with E-state index in [1.165, 1.54) is 0 Å². The van der Waals surface area contributed by atoms with E-state index in [4.69, 9.17) is 0 Å². The van der Waals surface area contributed by atoms with Crippen LogP contribution in [0.3, 0.4) is 0 Å². The first-order valence-electron chi connectivity index (χ1n) is 8.80. The maximum Gasteiger partial charge on any atom is 0.225 e. The molecule has 0 aromatic heterocycles. The van der Waals surface area contributed by atoms with E-state index in [0.717, 1.165) is 22.5 Å². The Kier molecular flexibility index (Phi) is 5.69. The van der Waals surface area contributed by atoms with Gasteiger partial charge in [0.2, 0.25) is 5.91 Å². The normalized spacial score (nSPS) is 10.6. The van der Waals surface area contributed by atoms with Crippen LogP contribution < -0.4 is 10.2 Å². The van der Waals surface area contributed by atoms with Gasteiger partial charge in [0.1, 0.15) is 0 Å². The third-order valence-electron chi connectivity index (χ3n) is 4.46. The molecule has 0 heterocycles. The molecule has 0 unspecified atom stereocenters. The van der Waals surface area contributed by atoms with E-state index in [1.807, 2.05) is 79.7 Å². The summed E-state index contributed by atoms with van der Waals surface area (Å²) in [6.45, 7) is 0. The molecule has 0 aliphatic heterocycles. The van der Waals surface area contributed by atoms with E-state index in [0.29, 0.717) is 6.42 Å². The molecule has 0 saturated heterocycles. The molecule has 132 valence electrons. The predicted molar refractivity (Wildman–Crippen MR) is 109 cm³/mol. The monoisotopic (exact) mass is 344 g/mol. The second-order valence-corrected chi connectivity index (χ2v) is 6.57. The zero-order chi connectivity index (χ0) is 18.4. The van der Waals surface area contributed by atoms with Gasteiger partial charge in [-0.05, 0) is 35.4 Å². The van der Waals surface area contributed by atoms with Crippen LogP contribution in [0, 0.1) is 0 Å². The summed E-state index contributed by atoms with van der Waals surface area (Å²) in [5.74, 6) is 0.0544. The van der Waals surface area contributed by atoms with Gasteiger partial charge in [0.25, 0.3) is 0 Å². The average Bonchev–Trinajstić information content (AvgIpc) is 2.68. The Morgan fingerprint density at radius 1 is 0.808 bits per heavy atom. The number of benzene rings is 3. The van der Waals surface area contributed by atoms with Gasteiger partial charge < -0.3 is 10.2 Å². The van der Waals surface area contributed by atoms with Gasteiger partial charge in [-0.2, -0.15) is 0 Å². The van der Waals surface area contributed by atoms with Gasteiger partial charge in [-0.25, -0.2) is 0 Å². The van der Waals surface area contributed by atoms with Gasteiger partial charge in [0.15, 0.2) is 0 Å². The Morgan fingerprint density at radius 2 is 1.31 bits per heavy atom. The number of rotatable bonds is 6. The van der Waals surface area contributed by atoms with Crippen LogP contribution in [0.1, 0.15) is 23.5 Å². The standard InChI is InChI=1S/C23H24N2O/c1-25(2)21-15-13-20(14-16-21)24-23(26)17-22(18-9-5-3-6-10-18)19-11-7-4-8-12-19/h3-16,22H,17H2,1-2H3,(H,24,26). The highest BCUT2D eigenvalue weighted by molar-refractivity contribution is 5.91. The van der Waals surface area contributed by atoms with E-state index < -0.39 is 0 Å². The van der Waals surface area contributed by atoms with Crippen LogP contribution in [-0.2, 0) is 4.79 Å². The highest BCUT2D eigenvalue weighted by Gasteiger charge is 2.18. The molecule has 0 radical (unpaired) electrons. The fourth-order valence-electron chi connectivity index (χ4n) is 3.04. The largest absolute Gasteiger partial charge is 0.378 e. The fraction of sp³-hybridized carbons (Fsp3) is 0.174. The molecule has 3 rings (SSSR count). The maximum atomic E-state index is 12.7. The van der Waals surface area contributed by atoms with Crippen LogP contribution in [0.25, 0.3) is 0 Å². The van der Waals surface area contributed by atoms with Gasteiger partial charge in [0, 0.05) is 37.8 Å². The Hall–Kier alpha value is -3.07. The molecule has 0 saturated carbocycles. The molecular weight excluding hydrogens is 320 g/mol. The van der Waals surface area contributed by atoms with Gasteiger partial charge >= 0.3 is 0 Å². The van der Waals surface area contributed by atoms with Crippen molar-refractivity contribution < 1.29 is 4.79 Å². The number of amides is 1. The molecule has 0 fully saturated rings. The molecule has 1 N–H and O–H groups in total. The molecule has 0 bridgehead atoms. The van der Waals surface area contributed by atoms with Crippen molar-refractivity contribution in [1.29, 1.82) is 0 Å². The summed E-state index contributed by atoms with van der Waals surface area (Å²) in [5, 5.41) is 3.02. The Balaban J connectivity index is 1.75. The lowest BCUT2D eigenvalue weighted by atomic mass is 9.88. The molecule has 3 heteroatoms. The van der Waals surface area contributed by atoms with Crippen LogP contribution >= 0.6 is 0 Å². The Morgan fingerprint density at radius 3 is 1.77 bits per heavy atom. The van der Waals surface area contributed by atoms with Crippen molar-refractivity contribution >= 4 is 17.3 Å². The topological polar surface area (TPSA) is 32.3 Å². The van der Waals surface area contributed by atoms with Crippen LogP contribution in [-0.4, -0.2) is 20.0 Å². The molecule has 26 heavy (non-hydrogen) atoms. The highest BCUT2D eigenvalue weighted by atomic mass is 16.1. The SMILES string of the molecule is CN(C)c1ccc(NC(=O)CC(c2ccccc2)c2ccccc2)cc1. The van der Waals surface area contributed by atoms with Crippen molar-refractivity contribution in [3.05, 3.63) is 96.1 Å². The lowest BCUT2D eigenvalue weighted by molar-refractivity contribution is -0.116. The quantitative estimate of drug-likeness (QED) is 0.689. The second kappa shape index (κ2) is 8.34. The van der Waals surface area contributed by atoms with Crippen molar-refractivity contribution in [1.82, 2.24) is 0 Å². The van der Waals surface area contributed by atoms with Gasteiger partial charge in [0.05, 0.1) is 0 Å². The van der Waals surface area contributed by atoms with Crippen molar-refractivity contribution in [2.24, 2.45) is 0 Å². The molecular formula is C23H24N2O. The van der Waals surface area contributed by atoms with Gasteiger partial charge in [-0.1, -0.05) is 60.7 Å². The summed E-state index contributed by atoms with van der Waals surface area (Å²) >= 11 is 0. The second-order valence-electron chi connectivity index (χ2n) is 6.57. The van der Waals surface area contributed by atoms with Crippen molar-refractivity contribution in [2.75, 3.05) is 24.3 Å². The van der Waals surface area contributed by atoms with E-state index in [1.54, 1.807) is 0 Å². The number of nitrogens with one attached hydrogen (secondary N) is 1. The molecule has 3 aromatic carbocycles. The van der Waals surface area contributed by atoms with Crippen molar-refractivity contribution in [2.45, 2.75) is 12.3 Å². The number of nitrogens with zero attached hydrogens (tertiary/aromatic N) is 1. The molecule has 0 aliphatic rings. The number of hydrogen-bond acceptors (Lipinski definition) is 2. The molecule has 3 nitrogen and oxygen atoms in total. The highest BCUT2D eigenvalue weighted by Crippen LogP contribution is 2.28. The summed E-state index contributed by atoms with van der Waals surface area (Å²) in [4.78, 5) is 14.7. The number of carbonyl (C=O) groups excluding carboxylic acids is 1. The summed E-state index contributed by atoms with van der Waals surface area (Å²) in [5.41, 5.74) is 4.23. The first kappa shape index (κ1) is 17.7. The van der Waals surface area contributed by atoms with Gasteiger partial charge in [-0.3, -0.25) is 4.79 Å².